The Morgan fingerprint density at radius 3 is 2.36 bits per heavy atom. The summed E-state index contributed by atoms with van der Waals surface area (Å²) in [4.78, 5) is 60.3. The Morgan fingerprint density at radius 2 is 1.64 bits per heavy atom. The Bertz CT molecular complexity index is 2520. The molecule has 0 bridgehead atoms. The highest BCUT2D eigenvalue weighted by molar-refractivity contribution is 8.44. The fourth-order valence-electron chi connectivity index (χ4n) is 6.66. The van der Waals surface area contributed by atoms with Crippen molar-refractivity contribution in [2.24, 2.45) is 5.92 Å². The van der Waals surface area contributed by atoms with Crippen molar-refractivity contribution in [3.63, 3.8) is 0 Å². The van der Waals surface area contributed by atoms with Crippen LogP contribution < -0.4 is 16.2 Å². The second-order valence-electron chi connectivity index (χ2n) is 14.0. The molecule has 3 saturated heterocycles. The summed E-state index contributed by atoms with van der Waals surface area (Å²) in [7, 11) is 0. The number of hydrogen-bond donors (Lipinski definition) is 6. The number of carbonyl (C=O) groups is 1. The maximum atomic E-state index is 16.5. The van der Waals surface area contributed by atoms with Gasteiger partial charge in [0, 0.05) is 12.0 Å². The van der Waals surface area contributed by atoms with Gasteiger partial charge in [0.05, 0.1) is 32.0 Å². The van der Waals surface area contributed by atoms with Gasteiger partial charge in [-0.2, -0.15) is 4.98 Å². The van der Waals surface area contributed by atoms with Gasteiger partial charge >= 0.3 is 13.5 Å². The summed E-state index contributed by atoms with van der Waals surface area (Å²) in [5.74, 6) is -0.829. The molecule has 59 heavy (non-hydrogen) atoms. The van der Waals surface area contributed by atoms with Crippen LogP contribution in [0.2, 0.25) is 0 Å². The van der Waals surface area contributed by atoms with E-state index in [-0.39, 0.29) is 46.4 Å². The summed E-state index contributed by atoms with van der Waals surface area (Å²) in [5.41, 5.74) is -0.478. The van der Waals surface area contributed by atoms with Gasteiger partial charge in [-0.1, -0.05) is 44.3 Å². The van der Waals surface area contributed by atoms with Crippen LogP contribution in [-0.2, 0) is 43.9 Å². The van der Waals surface area contributed by atoms with Crippen molar-refractivity contribution < 1.29 is 55.7 Å². The average Bonchev–Trinajstić information content (AvgIpc) is 3.96. The van der Waals surface area contributed by atoms with E-state index in [0.29, 0.717) is 5.56 Å². The minimum atomic E-state index is -4.42. The molecule has 11 atom stereocenters. The van der Waals surface area contributed by atoms with E-state index in [2.05, 4.69) is 52.8 Å². The van der Waals surface area contributed by atoms with Gasteiger partial charge in [0.25, 0.3) is 11.5 Å². The SMILES string of the molecule is CC(C)C(O)Nc1nc2c(ncn2[C@@H]2O[C@@H]3COP(O)(=S)O[C@H]4[C@@H](F)[C@H](n5cnc6c(NC(=O)c7ccccc7)ncnc65)O[C@@H]4CCOP(=O)(S)O[C@H]3[C@H]2F)c(=O)[nH]1. The van der Waals surface area contributed by atoms with Crippen LogP contribution in [0.5, 0.6) is 0 Å². The van der Waals surface area contributed by atoms with Gasteiger partial charge in [-0.15, -0.1) is 0 Å². The molecular formula is C32H36F2N10O11P2S2. The topological polar surface area (TPSA) is 261 Å². The zero-order valence-corrected chi connectivity index (χ0v) is 34.2. The standard InChI is InChI=1S/C32H36F2N10O11P2S2/c1-14(2)27(45)41-32-40-26-21(29(47)42-32)38-13-44(26)31-19(34)23-17(53-31)10-51-57(49,59)54-22-16(8-9-50-56(48,58)55-23)52-30(18(22)33)43-12-37-20-24(35-11-36-25(20)43)39-28(46)15-6-4-3-5-7-15/h3-7,11-14,16-19,22-23,27,30-31,45H,8-10H2,1-2H3,(H,48,58)(H,49,59)(H,35,36,39,46)(H2,40,41,42,47)/t16-,17-,18-,19-,22-,23-,27?,30-,31-,56?,57?/m1/s1. The summed E-state index contributed by atoms with van der Waals surface area (Å²) in [5, 5.41) is 15.6. The number of nitrogens with one attached hydrogen (secondary N) is 3. The van der Waals surface area contributed by atoms with Gasteiger partial charge in [0.1, 0.15) is 30.9 Å². The van der Waals surface area contributed by atoms with Crippen molar-refractivity contribution in [3.05, 3.63) is 65.2 Å². The molecule has 5 N–H and O–H groups in total. The average molecular weight is 901 g/mol. The molecule has 4 aromatic heterocycles. The van der Waals surface area contributed by atoms with Crippen LogP contribution >= 0.6 is 25.8 Å². The van der Waals surface area contributed by atoms with Crippen molar-refractivity contribution in [2.75, 3.05) is 23.8 Å². The zero-order valence-electron chi connectivity index (χ0n) is 30.7. The van der Waals surface area contributed by atoms with Crippen molar-refractivity contribution in [1.29, 1.82) is 0 Å². The number of thiol groups is 1. The van der Waals surface area contributed by atoms with Gasteiger partial charge < -0.3 is 39.2 Å². The normalized spacial score (nSPS) is 32.2. The molecule has 21 nitrogen and oxygen atoms in total. The number of aromatic nitrogens is 8. The quantitative estimate of drug-likeness (QED) is 0.0775. The van der Waals surface area contributed by atoms with Crippen molar-refractivity contribution in [2.45, 2.75) is 75.7 Å². The molecule has 3 fully saturated rings. The Kier molecular flexibility index (Phi) is 11.7. The first kappa shape index (κ1) is 41.9. The van der Waals surface area contributed by atoms with Crippen LogP contribution in [0.3, 0.4) is 0 Å². The molecule has 3 aliphatic rings. The van der Waals surface area contributed by atoms with Gasteiger partial charge in [-0.3, -0.25) is 32.8 Å². The van der Waals surface area contributed by atoms with Crippen LogP contribution in [0, 0.1) is 5.92 Å². The van der Waals surface area contributed by atoms with Gasteiger partial charge in [-0.05, 0) is 29.9 Å². The van der Waals surface area contributed by atoms with Crippen molar-refractivity contribution >= 4 is 77.6 Å². The molecule has 5 aromatic rings. The number of aliphatic hydroxyl groups is 1. The number of nitrogens with zero attached hydrogens (tertiary/aromatic N) is 7. The molecule has 0 aliphatic carbocycles. The lowest BCUT2D eigenvalue weighted by Gasteiger charge is -2.25. The number of halogens is 2. The van der Waals surface area contributed by atoms with E-state index in [0.717, 1.165) is 17.2 Å². The Morgan fingerprint density at radius 1 is 0.983 bits per heavy atom. The van der Waals surface area contributed by atoms with E-state index in [1.807, 2.05) is 0 Å². The summed E-state index contributed by atoms with van der Waals surface area (Å²) < 4.78 is 83.2. The number of hydrogen-bond acceptors (Lipinski definition) is 17. The fourth-order valence-corrected chi connectivity index (χ4v) is 9.63. The van der Waals surface area contributed by atoms with E-state index < -0.39 is 93.6 Å². The lowest BCUT2D eigenvalue weighted by Crippen LogP contribution is -2.34. The largest absolute Gasteiger partial charge is 0.386 e. The molecule has 0 radical (unpaired) electrons. The van der Waals surface area contributed by atoms with E-state index >= 15 is 8.78 Å². The Labute approximate surface area is 342 Å². The van der Waals surface area contributed by atoms with Gasteiger partial charge in [0.2, 0.25) is 5.95 Å². The third-order valence-corrected chi connectivity index (χ3v) is 12.8. The molecular weight excluding hydrogens is 864 g/mol. The molecule has 1 amide bonds. The fraction of sp³-hybridized carbons (Fsp3) is 0.469. The number of benzene rings is 1. The summed E-state index contributed by atoms with van der Waals surface area (Å²) in [6, 6.07) is 8.37. The van der Waals surface area contributed by atoms with Gasteiger partial charge in [0.15, 0.2) is 52.9 Å². The lowest BCUT2D eigenvalue weighted by atomic mass is 10.1. The monoisotopic (exact) mass is 900 g/mol. The number of ether oxygens (including phenoxy) is 2. The summed E-state index contributed by atoms with van der Waals surface area (Å²) >= 11 is 9.33. The first-order chi connectivity index (χ1) is 28.1. The molecule has 27 heteroatoms. The second kappa shape index (κ2) is 16.6. The number of carbonyl (C=O) groups excluding carboxylic acids is 1. The lowest BCUT2D eigenvalue weighted by molar-refractivity contribution is -0.0442. The van der Waals surface area contributed by atoms with Crippen LogP contribution in [-0.4, -0.2) is 111 Å². The van der Waals surface area contributed by atoms with Crippen LogP contribution in [0.15, 0.2) is 54.1 Å². The van der Waals surface area contributed by atoms with E-state index in [1.165, 1.54) is 10.9 Å². The van der Waals surface area contributed by atoms with E-state index in [4.69, 9.17) is 39.4 Å². The van der Waals surface area contributed by atoms with Crippen molar-refractivity contribution in [1.82, 2.24) is 39.0 Å². The summed E-state index contributed by atoms with van der Waals surface area (Å²) in [6.45, 7) is -6.54. The predicted octanol–water partition coefficient (Wildman–Crippen LogP) is 3.53. The number of fused-ring (bicyclic) bond motifs is 4. The second-order valence-corrected chi connectivity index (χ2v) is 19.6. The van der Waals surface area contributed by atoms with Crippen molar-refractivity contribution in [3.8, 4) is 0 Å². The van der Waals surface area contributed by atoms with Crippen LogP contribution in [0.25, 0.3) is 22.3 Å². The number of imidazole rings is 2. The smallest absolute Gasteiger partial charge is 0.373 e. The molecule has 316 valence electrons. The number of rotatable bonds is 7. The minimum Gasteiger partial charge on any atom is -0.373 e. The number of amides is 1. The maximum Gasteiger partial charge on any atom is 0.386 e. The Hall–Kier alpha value is -3.84. The molecule has 8 rings (SSSR count). The number of H-pyrrole nitrogens is 1. The first-order valence-electron chi connectivity index (χ1n) is 17.9. The number of alkyl halides is 2. The van der Waals surface area contributed by atoms with Crippen LogP contribution in [0.4, 0.5) is 20.5 Å². The third kappa shape index (κ3) is 8.57. The molecule has 7 heterocycles. The molecule has 3 unspecified atom stereocenters. The maximum absolute atomic E-state index is 16.5. The number of anilines is 2. The minimum absolute atomic E-state index is 0.0478. The zero-order chi connectivity index (χ0) is 41.8. The number of aromatic amines is 1. The van der Waals surface area contributed by atoms with Gasteiger partial charge in [-0.25, -0.2) is 33.3 Å². The third-order valence-electron chi connectivity index (χ3n) is 9.63. The molecule has 0 spiro atoms. The highest BCUT2D eigenvalue weighted by atomic mass is 32.7. The summed E-state index contributed by atoms with van der Waals surface area (Å²) in [6.07, 6.45) is -11.2. The highest BCUT2D eigenvalue weighted by Gasteiger charge is 2.53. The Balaban J connectivity index is 1.03. The van der Waals surface area contributed by atoms with E-state index in [9.17, 15) is 24.2 Å². The molecule has 0 saturated carbocycles. The molecule has 3 aliphatic heterocycles. The predicted molar refractivity (Wildman–Crippen MR) is 209 cm³/mol. The molecule has 1 aromatic carbocycles. The highest BCUT2D eigenvalue weighted by Crippen LogP contribution is 2.58. The van der Waals surface area contributed by atoms with E-state index in [1.54, 1.807) is 44.2 Å². The van der Waals surface area contributed by atoms with Crippen LogP contribution in [0.1, 0.15) is 43.1 Å². The number of aliphatic hydroxyl groups excluding tert-OH is 1. The first-order valence-corrected chi connectivity index (χ1v) is 23.2.